The van der Waals surface area contributed by atoms with Gasteiger partial charge in [-0.3, -0.25) is 4.79 Å². The van der Waals surface area contributed by atoms with Gasteiger partial charge in [-0.15, -0.1) is 0 Å². The molecule has 25 heavy (non-hydrogen) atoms. The molecule has 3 heterocycles. The lowest BCUT2D eigenvalue weighted by atomic mass is 10.1. The van der Waals surface area contributed by atoms with Crippen LogP contribution in [-0.2, 0) is 0 Å². The smallest absolute Gasteiger partial charge is 0.251 e. The molecule has 1 saturated heterocycles. The molecule has 0 aromatic carbocycles. The standard InChI is InChI=1S/C17H25N7O/c1-13(14(2)24-12-18-11-20-24)21-17(25)15-4-5-19-16(10-15)23-8-6-22(3)7-9-23/h4-5,10-14H,6-9H2,1-3H3,(H,21,25)/t13-,14+/m0/s1. The van der Waals surface area contributed by atoms with Gasteiger partial charge in [-0.1, -0.05) is 0 Å². The Hall–Kier alpha value is -2.48. The maximum absolute atomic E-state index is 12.6. The molecular formula is C17H25N7O. The molecule has 2 aromatic rings. The summed E-state index contributed by atoms with van der Waals surface area (Å²) in [6.45, 7) is 7.83. The Morgan fingerprint density at radius 1 is 1.24 bits per heavy atom. The van der Waals surface area contributed by atoms with Gasteiger partial charge in [-0.05, 0) is 33.0 Å². The summed E-state index contributed by atoms with van der Waals surface area (Å²) < 4.78 is 1.74. The van der Waals surface area contributed by atoms with Crippen LogP contribution in [0.5, 0.6) is 0 Å². The second-order valence-electron chi connectivity index (χ2n) is 6.57. The van der Waals surface area contributed by atoms with E-state index in [0.29, 0.717) is 5.56 Å². The fourth-order valence-electron chi connectivity index (χ4n) is 2.84. The van der Waals surface area contributed by atoms with E-state index in [4.69, 9.17) is 0 Å². The third kappa shape index (κ3) is 4.14. The van der Waals surface area contributed by atoms with Crippen molar-refractivity contribution < 1.29 is 4.79 Å². The van der Waals surface area contributed by atoms with Crippen LogP contribution in [0, 0.1) is 0 Å². The van der Waals surface area contributed by atoms with Crippen LogP contribution in [-0.4, -0.2) is 69.8 Å². The highest BCUT2D eigenvalue weighted by Crippen LogP contribution is 2.16. The van der Waals surface area contributed by atoms with Crippen LogP contribution in [0.4, 0.5) is 5.82 Å². The molecule has 0 aliphatic carbocycles. The van der Waals surface area contributed by atoms with Gasteiger partial charge in [0.1, 0.15) is 18.5 Å². The Morgan fingerprint density at radius 2 is 2.00 bits per heavy atom. The van der Waals surface area contributed by atoms with Gasteiger partial charge in [0, 0.05) is 44.0 Å². The van der Waals surface area contributed by atoms with Crippen LogP contribution in [0.25, 0.3) is 0 Å². The lowest BCUT2D eigenvalue weighted by Gasteiger charge is -2.33. The zero-order chi connectivity index (χ0) is 17.8. The lowest BCUT2D eigenvalue weighted by Crippen LogP contribution is -2.45. The van der Waals surface area contributed by atoms with Crippen molar-refractivity contribution in [2.45, 2.75) is 25.9 Å². The first-order valence-electron chi connectivity index (χ1n) is 8.59. The maximum Gasteiger partial charge on any atom is 0.251 e. The number of hydrogen-bond acceptors (Lipinski definition) is 6. The zero-order valence-electron chi connectivity index (χ0n) is 15.0. The Balaban J connectivity index is 1.65. The van der Waals surface area contributed by atoms with E-state index in [1.165, 1.54) is 6.33 Å². The molecule has 2 aromatic heterocycles. The molecule has 0 unspecified atom stereocenters. The van der Waals surface area contributed by atoms with Gasteiger partial charge < -0.3 is 15.1 Å². The first kappa shape index (κ1) is 17.3. The normalized spacial score (nSPS) is 18.0. The van der Waals surface area contributed by atoms with Gasteiger partial charge in [0.05, 0.1) is 6.04 Å². The average molecular weight is 343 g/mol. The zero-order valence-corrected chi connectivity index (χ0v) is 15.0. The second-order valence-corrected chi connectivity index (χ2v) is 6.57. The largest absolute Gasteiger partial charge is 0.354 e. The number of likely N-dealkylation sites (N-methyl/N-ethyl adjacent to an activating group) is 1. The lowest BCUT2D eigenvalue weighted by molar-refractivity contribution is 0.0928. The summed E-state index contributed by atoms with van der Waals surface area (Å²) in [6, 6.07) is 3.56. The number of pyridine rings is 1. The average Bonchev–Trinajstić information content (AvgIpc) is 3.16. The molecule has 1 fully saturated rings. The van der Waals surface area contributed by atoms with Crippen molar-refractivity contribution in [1.82, 2.24) is 30.0 Å². The van der Waals surface area contributed by atoms with E-state index in [-0.39, 0.29) is 18.0 Å². The van der Waals surface area contributed by atoms with Crippen molar-refractivity contribution in [2.24, 2.45) is 0 Å². The molecule has 1 aliphatic rings. The molecular weight excluding hydrogens is 318 g/mol. The van der Waals surface area contributed by atoms with E-state index in [9.17, 15) is 4.79 Å². The minimum atomic E-state index is -0.0998. The summed E-state index contributed by atoms with van der Waals surface area (Å²) in [7, 11) is 2.12. The summed E-state index contributed by atoms with van der Waals surface area (Å²) >= 11 is 0. The molecule has 134 valence electrons. The van der Waals surface area contributed by atoms with E-state index < -0.39 is 0 Å². The quantitative estimate of drug-likeness (QED) is 0.865. The van der Waals surface area contributed by atoms with Gasteiger partial charge in [-0.2, -0.15) is 5.10 Å². The van der Waals surface area contributed by atoms with Gasteiger partial charge in [-0.25, -0.2) is 14.6 Å². The van der Waals surface area contributed by atoms with Crippen molar-refractivity contribution in [3.63, 3.8) is 0 Å². The topological polar surface area (TPSA) is 79.2 Å². The number of rotatable bonds is 5. The minimum absolute atomic E-state index is 0.0189. The molecule has 2 atom stereocenters. The Morgan fingerprint density at radius 3 is 2.68 bits per heavy atom. The molecule has 1 aliphatic heterocycles. The summed E-state index contributed by atoms with van der Waals surface area (Å²) in [5, 5.41) is 7.17. The van der Waals surface area contributed by atoms with E-state index >= 15 is 0 Å². The summed E-state index contributed by atoms with van der Waals surface area (Å²) in [5.41, 5.74) is 0.626. The van der Waals surface area contributed by atoms with Crippen molar-refractivity contribution in [3.8, 4) is 0 Å². The van der Waals surface area contributed by atoms with E-state index in [1.54, 1.807) is 23.3 Å². The van der Waals surface area contributed by atoms with E-state index in [0.717, 1.165) is 32.0 Å². The fraction of sp³-hybridized carbons (Fsp3) is 0.529. The van der Waals surface area contributed by atoms with E-state index in [2.05, 4.69) is 37.2 Å². The summed E-state index contributed by atoms with van der Waals surface area (Å²) in [5.74, 6) is 0.759. The van der Waals surface area contributed by atoms with Gasteiger partial charge in [0.25, 0.3) is 5.91 Å². The predicted molar refractivity (Wildman–Crippen MR) is 95.6 cm³/mol. The molecule has 1 N–H and O–H groups in total. The van der Waals surface area contributed by atoms with Crippen molar-refractivity contribution >= 4 is 11.7 Å². The van der Waals surface area contributed by atoms with Crippen molar-refractivity contribution in [2.75, 3.05) is 38.1 Å². The number of anilines is 1. The number of nitrogens with one attached hydrogen (secondary N) is 1. The second kappa shape index (κ2) is 7.60. The highest BCUT2D eigenvalue weighted by molar-refractivity contribution is 5.95. The number of carbonyl (C=O) groups is 1. The fourth-order valence-corrected chi connectivity index (χ4v) is 2.84. The van der Waals surface area contributed by atoms with Crippen LogP contribution in [0.15, 0.2) is 31.0 Å². The molecule has 8 heteroatoms. The van der Waals surface area contributed by atoms with Crippen molar-refractivity contribution in [3.05, 3.63) is 36.5 Å². The molecule has 0 saturated carbocycles. The third-order valence-corrected chi connectivity index (χ3v) is 4.77. The van der Waals surface area contributed by atoms with Gasteiger partial charge in [0.2, 0.25) is 0 Å². The highest BCUT2D eigenvalue weighted by atomic mass is 16.1. The summed E-state index contributed by atoms with van der Waals surface area (Å²) in [4.78, 5) is 25.5. The minimum Gasteiger partial charge on any atom is -0.354 e. The van der Waals surface area contributed by atoms with Crippen LogP contribution < -0.4 is 10.2 Å². The van der Waals surface area contributed by atoms with Crippen molar-refractivity contribution in [1.29, 1.82) is 0 Å². The number of hydrogen-bond donors (Lipinski definition) is 1. The van der Waals surface area contributed by atoms with Crippen LogP contribution in [0.3, 0.4) is 0 Å². The number of nitrogens with zero attached hydrogens (tertiary/aromatic N) is 6. The van der Waals surface area contributed by atoms with Crippen LogP contribution in [0.2, 0.25) is 0 Å². The van der Waals surface area contributed by atoms with E-state index in [1.807, 2.05) is 19.9 Å². The first-order valence-corrected chi connectivity index (χ1v) is 8.59. The van der Waals surface area contributed by atoms with Crippen LogP contribution >= 0.6 is 0 Å². The Labute approximate surface area is 147 Å². The molecule has 0 spiro atoms. The maximum atomic E-state index is 12.6. The molecule has 0 radical (unpaired) electrons. The third-order valence-electron chi connectivity index (χ3n) is 4.77. The monoisotopic (exact) mass is 343 g/mol. The summed E-state index contributed by atoms with van der Waals surface area (Å²) in [6.07, 6.45) is 4.86. The number of carbonyl (C=O) groups excluding carboxylic acids is 1. The SMILES string of the molecule is C[C@H](NC(=O)c1ccnc(N2CCN(C)CC2)c1)[C@@H](C)n1cncn1. The van der Waals surface area contributed by atoms with Gasteiger partial charge in [0.15, 0.2) is 0 Å². The molecule has 8 nitrogen and oxygen atoms in total. The highest BCUT2D eigenvalue weighted by Gasteiger charge is 2.20. The molecule has 0 bridgehead atoms. The molecule has 1 amide bonds. The predicted octanol–water partition coefficient (Wildman–Crippen LogP) is 0.804. The Kier molecular flexibility index (Phi) is 5.28. The number of piperazine rings is 1. The van der Waals surface area contributed by atoms with Gasteiger partial charge >= 0.3 is 0 Å². The Bertz CT molecular complexity index is 695. The van der Waals surface area contributed by atoms with Crippen LogP contribution in [0.1, 0.15) is 30.2 Å². The first-order chi connectivity index (χ1) is 12.0. The number of amides is 1. The molecule has 3 rings (SSSR count). The number of aromatic nitrogens is 4.